The van der Waals surface area contributed by atoms with Gasteiger partial charge >= 0.3 is 5.38 Å². The second kappa shape index (κ2) is 5.80. The maximum absolute atomic E-state index is 12.5. The highest BCUT2D eigenvalue weighted by molar-refractivity contribution is 7.17. The van der Waals surface area contributed by atoms with Crippen LogP contribution in [0.3, 0.4) is 0 Å². The van der Waals surface area contributed by atoms with Crippen LogP contribution in [0.4, 0.5) is 8.78 Å². The molecular formula is C12H10ClF2N3OS. The lowest BCUT2D eigenvalue weighted by molar-refractivity contribution is 0.0775. The molecule has 4 nitrogen and oxygen atoms in total. The Hall–Kier alpha value is -1.60. The van der Waals surface area contributed by atoms with E-state index in [1.165, 1.54) is 0 Å². The van der Waals surface area contributed by atoms with Gasteiger partial charge in [-0.25, -0.2) is 4.98 Å². The number of halogens is 3. The number of rotatable bonds is 4. The van der Waals surface area contributed by atoms with E-state index >= 15 is 0 Å². The molecule has 0 unspecified atom stereocenters. The first-order valence-corrected chi connectivity index (χ1v) is 6.79. The van der Waals surface area contributed by atoms with E-state index in [-0.39, 0.29) is 4.88 Å². The Morgan fingerprint density at radius 3 is 2.90 bits per heavy atom. The zero-order valence-electron chi connectivity index (χ0n) is 10.4. The molecule has 0 aliphatic rings. The van der Waals surface area contributed by atoms with Crippen molar-refractivity contribution in [2.45, 2.75) is 12.3 Å². The fraction of sp³-hybridized carbons (Fsp3) is 0.250. The monoisotopic (exact) mass is 317 g/mol. The molecule has 106 valence electrons. The number of hydrogen-bond donors (Lipinski definition) is 1. The molecule has 8 heteroatoms. The zero-order valence-corrected chi connectivity index (χ0v) is 11.9. The van der Waals surface area contributed by atoms with E-state index < -0.39 is 17.8 Å². The second-order valence-electron chi connectivity index (χ2n) is 3.97. The Labute approximate surface area is 122 Å². The van der Waals surface area contributed by atoms with Gasteiger partial charge in [-0.05, 0) is 30.7 Å². The number of carbonyl (C=O) groups excluding carboxylic acids is 1. The van der Waals surface area contributed by atoms with E-state index in [4.69, 9.17) is 11.6 Å². The molecule has 2 aromatic rings. The minimum Gasteiger partial charge on any atom is -0.344 e. The zero-order chi connectivity index (χ0) is 14.8. The van der Waals surface area contributed by atoms with Gasteiger partial charge in [0.25, 0.3) is 5.91 Å². The average molecular weight is 318 g/mol. The number of nitrogens with zero attached hydrogens (tertiary/aromatic N) is 2. The van der Waals surface area contributed by atoms with Crippen LogP contribution < -0.4 is 5.32 Å². The van der Waals surface area contributed by atoms with Crippen LogP contribution in [0.1, 0.15) is 15.4 Å². The summed E-state index contributed by atoms with van der Waals surface area (Å²) >= 11 is 5.86. The van der Waals surface area contributed by atoms with Crippen LogP contribution in [0.5, 0.6) is 0 Å². The normalized spacial score (nSPS) is 11.4. The van der Waals surface area contributed by atoms with Crippen molar-refractivity contribution in [3.8, 4) is 10.6 Å². The summed E-state index contributed by atoms with van der Waals surface area (Å²) in [7, 11) is 0. The average Bonchev–Trinajstić information content (AvgIpc) is 2.78. The summed E-state index contributed by atoms with van der Waals surface area (Å²) in [6.45, 7) is 0.719. The lowest BCUT2D eigenvalue weighted by Crippen LogP contribution is -2.32. The standard InChI is InChI=1S/C12H10ClF2N3OS/c1-7-9(10(19)17-6-12(13,14)15)20-11(18-7)8-3-2-4-16-5-8/h2-5H,6H2,1H3,(H,17,19). The SMILES string of the molecule is Cc1nc(-c2cccnc2)sc1C(=O)NCC(F)(F)Cl. The van der Waals surface area contributed by atoms with E-state index in [0.29, 0.717) is 10.7 Å². The molecule has 0 spiro atoms. The number of nitrogens with one attached hydrogen (secondary N) is 1. The fourth-order valence-electron chi connectivity index (χ4n) is 1.48. The Morgan fingerprint density at radius 1 is 1.55 bits per heavy atom. The van der Waals surface area contributed by atoms with Crippen molar-refractivity contribution in [3.05, 3.63) is 35.1 Å². The van der Waals surface area contributed by atoms with Gasteiger partial charge < -0.3 is 5.32 Å². The predicted molar refractivity (Wildman–Crippen MR) is 73.2 cm³/mol. The molecule has 1 amide bonds. The number of aromatic nitrogens is 2. The first-order valence-electron chi connectivity index (χ1n) is 5.59. The molecule has 0 aromatic carbocycles. The number of alkyl halides is 3. The largest absolute Gasteiger partial charge is 0.344 e. The lowest BCUT2D eigenvalue weighted by Gasteiger charge is -2.08. The molecule has 1 N–H and O–H groups in total. The van der Waals surface area contributed by atoms with Gasteiger partial charge in [0.05, 0.1) is 12.2 Å². The third-order valence-corrected chi connectivity index (χ3v) is 3.70. The molecule has 0 aliphatic heterocycles. The summed E-state index contributed by atoms with van der Waals surface area (Å²) in [5, 5.41) is -0.770. The smallest absolute Gasteiger partial charge is 0.338 e. The van der Waals surface area contributed by atoms with Gasteiger partial charge in [0, 0.05) is 18.0 Å². The molecule has 2 rings (SSSR count). The van der Waals surface area contributed by atoms with Gasteiger partial charge in [0.1, 0.15) is 9.88 Å². The third-order valence-electron chi connectivity index (χ3n) is 2.36. The van der Waals surface area contributed by atoms with Crippen molar-refractivity contribution < 1.29 is 13.6 Å². The molecule has 0 bridgehead atoms. The van der Waals surface area contributed by atoms with Crippen molar-refractivity contribution in [3.63, 3.8) is 0 Å². The summed E-state index contributed by atoms with van der Waals surface area (Å²) in [5.41, 5.74) is 1.24. The van der Waals surface area contributed by atoms with E-state index in [1.807, 2.05) is 0 Å². The number of amides is 1. The predicted octanol–water partition coefficient (Wildman–Crippen LogP) is 3.07. The Bertz CT molecular complexity index is 613. The molecule has 0 aliphatic carbocycles. The number of pyridine rings is 1. The fourth-order valence-corrected chi connectivity index (χ4v) is 2.52. The van der Waals surface area contributed by atoms with E-state index in [1.54, 1.807) is 31.5 Å². The maximum Gasteiger partial charge on any atom is 0.338 e. The molecule has 0 radical (unpaired) electrons. The van der Waals surface area contributed by atoms with Gasteiger partial charge in [-0.3, -0.25) is 9.78 Å². The number of thiazole rings is 1. The number of carbonyl (C=O) groups is 1. The topological polar surface area (TPSA) is 54.9 Å². The molecular weight excluding hydrogens is 308 g/mol. The van der Waals surface area contributed by atoms with E-state index in [2.05, 4.69) is 15.3 Å². The Kier molecular flexibility index (Phi) is 4.29. The highest BCUT2D eigenvalue weighted by Crippen LogP contribution is 2.27. The van der Waals surface area contributed by atoms with Gasteiger partial charge in [0.2, 0.25) is 0 Å². The molecule has 20 heavy (non-hydrogen) atoms. The molecule has 0 atom stereocenters. The summed E-state index contributed by atoms with van der Waals surface area (Å²) in [6, 6.07) is 3.56. The highest BCUT2D eigenvalue weighted by atomic mass is 35.5. The first kappa shape index (κ1) is 14.8. The molecule has 0 saturated heterocycles. The maximum atomic E-state index is 12.5. The van der Waals surface area contributed by atoms with Crippen LogP contribution in [0, 0.1) is 6.92 Å². The van der Waals surface area contributed by atoms with Gasteiger partial charge in [-0.15, -0.1) is 11.3 Å². The number of aryl methyl sites for hydroxylation is 1. The van der Waals surface area contributed by atoms with Crippen molar-refractivity contribution in [1.29, 1.82) is 0 Å². The van der Waals surface area contributed by atoms with Crippen LogP contribution in [-0.2, 0) is 0 Å². The number of hydrogen-bond acceptors (Lipinski definition) is 4. The minimum atomic E-state index is -3.46. The lowest BCUT2D eigenvalue weighted by atomic mass is 10.3. The molecule has 0 saturated carbocycles. The summed E-state index contributed by atoms with van der Waals surface area (Å²) < 4.78 is 25.0. The van der Waals surface area contributed by atoms with E-state index in [9.17, 15) is 13.6 Å². The third kappa shape index (κ3) is 3.71. The van der Waals surface area contributed by atoms with Crippen LogP contribution in [-0.4, -0.2) is 27.8 Å². The van der Waals surface area contributed by atoms with Gasteiger partial charge in [-0.2, -0.15) is 8.78 Å². The van der Waals surface area contributed by atoms with Crippen LogP contribution >= 0.6 is 22.9 Å². The van der Waals surface area contributed by atoms with Crippen LogP contribution in [0.2, 0.25) is 0 Å². The van der Waals surface area contributed by atoms with Crippen molar-refractivity contribution in [2.24, 2.45) is 0 Å². The van der Waals surface area contributed by atoms with Crippen LogP contribution in [0.15, 0.2) is 24.5 Å². The van der Waals surface area contributed by atoms with Crippen LogP contribution in [0.25, 0.3) is 10.6 Å². The summed E-state index contributed by atoms with van der Waals surface area (Å²) in [5.74, 6) is -0.615. The second-order valence-corrected chi connectivity index (χ2v) is 5.53. The van der Waals surface area contributed by atoms with Crippen molar-refractivity contribution in [2.75, 3.05) is 6.54 Å². The van der Waals surface area contributed by atoms with E-state index in [0.717, 1.165) is 16.9 Å². The molecule has 0 fully saturated rings. The molecule has 2 heterocycles. The highest BCUT2D eigenvalue weighted by Gasteiger charge is 2.26. The van der Waals surface area contributed by atoms with Crippen molar-refractivity contribution >= 4 is 28.8 Å². The Morgan fingerprint density at radius 2 is 2.30 bits per heavy atom. The molecule has 2 aromatic heterocycles. The minimum absolute atomic E-state index is 0.282. The summed E-state index contributed by atoms with van der Waals surface area (Å²) in [4.78, 5) is 20.3. The van der Waals surface area contributed by atoms with Gasteiger partial charge in [0.15, 0.2) is 0 Å². The Balaban J connectivity index is 2.18. The first-order chi connectivity index (χ1) is 9.37. The summed E-state index contributed by atoms with van der Waals surface area (Å²) in [6.07, 6.45) is 3.24. The van der Waals surface area contributed by atoms with Crippen molar-refractivity contribution in [1.82, 2.24) is 15.3 Å². The van der Waals surface area contributed by atoms with Gasteiger partial charge in [-0.1, -0.05) is 0 Å². The quantitative estimate of drug-likeness (QED) is 0.882.